The average molecular weight is 329 g/mol. The Hall–Kier alpha value is -1.09. The molecule has 1 aliphatic rings. The van der Waals surface area contributed by atoms with E-state index < -0.39 is 10.0 Å². The summed E-state index contributed by atoms with van der Waals surface area (Å²) in [5.41, 5.74) is 5.59. The van der Waals surface area contributed by atoms with Gasteiger partial charge in [0.05, 0.1) is 11.8 Å². The molecule has 0 bridgehead atoms. The van der Waals surface area contributed by atoms with E-state index >= 15 is 0 Å². The summed E-state index contributed by atoms with van der Waals surface area (Å²) in [7, 11) is -1.98. The van der Waals surface area contributed by atoms with Crippen molar-refractivity contribution in [2.24, 2.45) is 11.1 Å². The Bertz CT molecular complexity index is 641. The first-order chi connectivity index (χ1) is 9.68. The molecule has 2 atom stereocenters. The molecule has 1 heterocycles. The van der Waals surface area contributed by atoms with Crippen LogP contribution in [-0.4, -0.2) is 37.6 Å². The lowest BCUT2D eigenvalue weighted by Crippen LogP contribution is -2.61. The fourth-order valence-electron chi connectivity index (χ4n) is 2.43. The number of hydrogen-bond acceptors (Lipinski definition) is 5. The summed E-state index contributed by atoms with van der Waals surface area (Å²) < 4.78 is 32.7. The van der Waals surface area contributed by atoms with E-state index in [9.17, 15) is 8.42 Å². The Balaban J connectivity index is 2.14. The van der Waals surface area contributed by atoms with Crippen LogP contribution in [0, 0.1) is 5.41 Å². The summed E-state index contributed by atoms with van der Waals surface area (Å²) in [4.78, 5) is 4.18. The molecule has 8 heteroatoms. The van der Waals surface area contributed by atoms with Gasteiger partial charge in [-0.25, -0.2) is 13.1 Å². The zero-order valence-corrected chi connectivity index (χ0v) is 13.8. The first-order valence-electron chi connectivity index (χ1n) is 6.49. The van der Waals surface area contributed by atoms with E-state index in [1.54, 1.807) is 7.11 Å². The van der Waals surface area contributed by atoms with Gasteiger partial charge in [-0.3, -0.25) is 4.98 Å². The third-order valence-electron chi connectivity index (χ3n) is 4.06. The van der Waals surface area contributed by atoms with E-state index in [1.807, 2.05) is 13.8 Å². The fraction of sp³-hybridized carbons (Fsp3) is 0.538. The number of methoxy groups -OCH3 is 1. The van der Waals surface area contributed by atoms with Gasteiger partial charge in [-0.05, 0) is 18.6 Å². The van der Waals surface area contributed by atoms with E-state index in [4.69, 9.17) is 22.7 Å². The summed E-state index contributed by atoms with van der Waals surface area (Å²) in [5, 5.41) is 0. The number of ether oxygens (including phenoxy) is 1. The van der Waals surface area contributed by atoms with Crippen LogP contribution in [0.25, 0.3) is 0 Å². The standard InChI is InChI=1S/C13H19N3O3S2/c1-13(2)10(6-11(13)19-3)16-21(17,18)8-4-5-9(12(14)20)15-7-8/h4-5,7,10-11,16H,6H2,1-3H3,(H2,14,20). The van der Waals surface area contributed by atoms with Crippen molar-refractivity contribution in [1.82, 2.24) is 9.71 Å². The van der Waals surface area contributed by atoms with Crippen LogP contribution in [0.15, 0.2) is 23.2 Å². The zero-order valence-electron chi connectivity index (χ0n) is 12.2. The van der Waals surface area contributed by atoms with Crippen molar-refractivity contribution in [3.05, 3.63) is 24.0 Å². The largest absolute Gasteiger partial charge is 0.388 e. The van der Waals surface area contributed by atoms with E-state index in [1.165, 1.54) is 18.3 Å². The SMILES string of the molecule is COC1CC(NS(=O)(=O)c2ccc(C(N)=S)nc2)C1(C)C. The van der Waals surface area contributed by atoms with Gasteiger partial charge in [0.1, 0.15) is 9.88 Å². The van der Waals surface area contributed by atoms with Gasteiger partial charge in [-0.2, -0.15) is 0 Å². The minimum Gasteiger partial charge on any atom is -0.388 e. The highest BCUT2D eigenvalue weighted by Gasteiger charge is 2.50. The average Bonchev–Trinajstić information content (AvgIpc) is 2.43. The highest BCUT2D eigenvalue weighted by Crippen LogP contribution is 2.42. The Kier molecular flexibility index (Phi) is 4.34. The molecule has 1 saturated carbocycles. The smallest absolute Gasteiger partial charge is 0.242 e. The Morgan fingerprint density at radius 2 is 2.19 bits per heavy atom. The Morgan fingerprint density at radius 1 is 1.52 bits per heavy atom. The number of nitrogens with two attached hydrogens (primary N) is 1. The quantitative estimate of drug-likeness (QED) is 0.776. The molecule has 6 nitrogen and oxygen atoms in total. The molecular formula is C13H19N3O3S2. The number of aromatic nitrogens is 1. The second-order valence-electron chi connectivity index (χ2n) is 5.70. The molecular weight excluding hydrogens is 310 g/mol. The molecule has 2 unspecified atom stereocenters. The molecule has 21 heavy (non-hydrogen) atoms. The van der Waals surface area contributed by atoms with Gasteiger partial charge in [0.2, 0.25) is 10.0 Å². The number of thiocarbonyl (C=S) groups is 1. The predicted octanol–water partition coefficient (Wildman–Crippen LogP) is 0.808. The van der Waals surface area contributed by atoms with Crippen LogP contribution < -0.4 is 10.5 Å². The monoisotopic (exact) mass is 329 g/mol. The third-order valence-corrected chi connectivity index (χ3v) is 5.72. The number of rotatable bonds is 5. The summed E-state index contributed by atoms with van der Waals surface area (Å²) in [6.45, 7) is 3.96. The minimum absolute atomic E-state index is 0.0558. The van der Waals surface area contributed by atoms with Gasteiger partial charge in [0, 0.05) is 24.8 Å². The van der Waals surface area contributed by atoms with Crippen LogP contribution in [0.5, 0.6) is 0 Å². The van der Waals surface area contributed by atoms with Crippen molar-refractivity contribution in [3.63, 3.8) is 0 Å². The summed E-state index contributed by atoms with van der Waals surface area (Å²) in [6, 6.07) is 2.78. The highest BCUT2D eigenvalue weighted by atomic mass is 32.2. The summed E-state index contributed by atoms with van der Waals surface area (Å²) in [6.07, 6.45) is 1.97. The number of nitrogens with zero attached hydrogens (tertiary/aromatic N) is 1. The lowest BCUT2D eigenvalue weighted by molar-refractivity contribution is -0.0908. The maximum atomic E-state index is 12.3. The first-order valence-corrected chi connectivity index (χ1v) is 8.38. The van der Waals surface area contributed by atoms with Gasteiger partial charge in [0.25, 0.3) is 0 Å². The predicted molar refractivity (Wildman–Crippen MR) is 83.4 cm³/mol. The van der Waals surface area contributed by atoms with Gasteiger partial charge in [0.15, 0.2) is 0 Å². The molecule has 0 saturated heterocycles. The molecule has 1 aromatic rings. The minimum atomic E-state index is -3.62. The van der Waals surface area contributed by atoms with Crippen LogP contribution in [0.4, 0.5) is 0 Å². The van der Waals surface area contributed by atoms with Gasteiger partial charge in [-0.1, -0.05) is 26.1 Å². The Labute approximate surface area is 130 Å². The summed E-state index contributed by atoms with van der Waals surface area (Å²) >= 11 is 4.79. The fourth-order valence-corrected chi connectivity index (χ4v) is 3.90. The molecule has 1 fully saturated rings. The van der Waals surface area contributed by atoms with Crippen LogP contribution in [0.1, 0.15) is 26.0 Å². The molecule has 116 valence electrons. The molecule has 0 amide bonds. The van der Waals surface area contributed by atoms with Crippen LogP contribution in [0.2, 0.25) is 0 Å². The second-order valence-corrected chi connectivity index (χ2v) is 7.85. The second kappa shape index (κ2) is 5.60. The van der Waals surface area contributed by atoms with E-state index in [-0.39, 0.29) is 27.4 Å². The first kappa shape index (κ1) is 16.3. The maximum absolute atomic E-state index is 12.3. The van der Waals surface area contributed by atoms with E-state index in [0.29, 0.717) is 12.1 Å². The molecule has 1 aromatic heterocycles. The Morgan fingerprint density at radius 3 is 2.62 bits per heavy atom. The van der Waals surface area contributed by atoms with Gasteiger partial charge in [-0.15, -0.1) is 0 Å². The summed E-state index contributed by atoms with van der Waals surface area (Å²) in [5.74, 6) is 0. The lowest BCUT2D eigenvalue weighted by Gasteiger charge is -2.50. The van der Waals surface area contributed by atoms with Crippen molar-refractivity contribution in [1.29, 1.82) is 0 Å². The molecule has 2 rings (SSSR count). The molecule has 0 aliphatic heterocycles. The van der Waals surface area contributed by atoms with E-state index in [0.717, 1.165) is 0 Å². The maximum Gasteiger partial charge on any atom is 0.242 e. The normalized spacial score (nSPS) is 24.3. The lowest BCUT2D eigenvalue weighted by atomic mass is 9.65. The number of sulfonamides is 1. The highest BCUT2D eigenvalue weighted by molar-refractivity contribution is 7.89. The molecule has 3 N–H and O–H groups in total. The number of hydrogen-bond donors (Lipinski definition) is 2. The van der Waals surface area contributed by atoms with Crippen LogP contribution in [0.3, 0.4) is 0 Å². The molecule has 1 aliphatic carbocycles. The molecule has 0 spiro atoms. The van der Waals surface area contributed by atoms with Crippen molar-refractivity contribution in [3.8, 4) is 0 Å². The topological polar surface area (TPSA) is 94.3 Å². The number of nitrogens with one attached hydrogen (secondary N) is 1. The van der Waals surface area contributed by atoms with Crippen molar-refractivity contribution < 1.29 is 13.2 Å². The van der Waals surface area contributed by atoms with E-state index in [2.05, 4.69) is 9.71 Å². The van der Waals surface area contributed by atoms with Gasteiger partial charge < -0.3 is 10.5 Å². The van der Waals surface area contributed by atoms with Crippen LogP contribution >= 0.6 is 12.2 Å². The van der Waals surface area contributed by atoms with Crippen molar-refractivity contribution >= 4 is 27.2 Å². The molecule has 0 aromatic carbocycles. The number of pyridine rings is 1. The van der Waals surface area contributed by atoms with Crippen LogP contribution in [-0.2, 0) is 14.8 Å². The van der Waals surface area contributed by atoms with Gasteiger partial charge >= 0.3 is 0 Å². The van der Waals surface area contributed by atoms with Crippen molar-refractivity contribution in [2.75, 3.05) is 7.11 Å². The zero-order chi connectivity index (χ0) is 15.8. The molecule has 0 radical (unpaired) electrons. The van der Waals surface area contributed by atoms with Crippen molar-refractivity contribution in [2.45, 2.75) is 37.3 Å². The third kappa shape index (κ3) is 3.08.